The lowest BCUT2D eigenvalue weighted by atomic mass is 9.98. The van der Waals surface area contributed by atoms with Crippen molar-refractivity contribution in [2.75, 3.05) is 13.1 Å². The van der Waals surface area contributed by atoms with E-state index in [1.54, 1.807) is 0 Å². The van der Waals surface area contributed by atoms with Crippen LogP contribution < -0.4 is 5.32 Å². The first-order valence-corrected chi connectivity index (χ1v) is 5.05. The van der Waals surface area contributed by atoms with Crippen molar-refractivity contribution in [3.63, 3.8) is 0 Å². The molecule has 0 bridgehead atoms. The van der Waals surface area contributed by atoms with Gasteiger partial charge in [0, 0.05) is 0 Å². The van der Waals surface area contributed by atoms with E-state index < -0.39 is 0 Å². The molecule has 1 rings (SSSR count). The lowest BCUT2D eigenvalue weighted by molar-refractivity contribution is 0.393. The molecular formula is C10H21N. The van der Waals surface area contributed by atoms with Gasteiger partial charge in [-0.25, -0.2) is 0 Å². The highest BCUT2D eigenvalue weighted by Crippen LogP contribution is 2.30. The molecular weight excluding hydrogens is 134 g/mol. The average Bonchev–Trinajstić information content (AvgIpc) is 2.37. The number of nitrogens with one attached hydrogen (secondary N) is 1. The van der Waals surface area contributed by atoms with Gasteiger partial charge in [0.1, 0.15) is 0 Å². The van der Waals surface area contributed by atoms with E-state index in [4.69, 9.17) is 0 Å². The number of hydrogen-bond donors (Lipinski definition) is 1. The Morgan fingerprint density at radius 1 is 1.36 bits per heavy atom. The summed E-state index contributed by atoms with van der Waals surface area (Å²) in [7, 11) is 0. The van der Waals surface area contributed by atoms with Gasteiger partial charge in [0.15, 0.2) is 0 Å². The Bertz CT molecular complexity index is 101. The van der Waals surface area contributed by atoms with Gasteiger partial charge in [-0.15, -0.1) is 0 Å². The molecule has 2 unspecified atom stereocenters. The summed E-state index contributed by atoms with van der Waals surface area (Å²) in [4.78, 5) is 0. The van der Waals surface area contributed by atoms with Crippen LogP contribution in [0.5, 0.6) is 0 Å². The van der Waals surface area contributed by atoms with E-state index in [-0.39, 0.29) is 0 Å². The SMILES string of the molecule is CCCNCC1CCCC1C. The minimum Gasteiger partial charge on any atom is -0.316 e. The highest BCUT2D eigenvalue weighted by molar-refractivity contribution is 4.75. The fraction of sp³-hybridized carbons (Fsp3) is 1.00. The van der Waals surface area contributed by atoms with Crippen LogP contribution in [-0.2, 0) is 0 Å². The summed E-state index contributed by atoms with van der Waals surface area (Å²) >= 11 is 0. The van der Waals surface area contributed by atoms with Crippen molar-refractivity contribution in [1.82, 2.24) is 5.32 Å². The minimum absolute atomic E-state index is 0.972. The summed E-state index contributed by atoms with van der Waals surface area (Å²) in [6.45, 7) is 7.08. The predicted molar refractivity (Wildman–Crippen MR) is 49.7 cm³/mol. The predicted octanol–water partition coefficient (Wildman–Crippen LogP) is 2.42. The first-order chi connectivity index (χ1) is 5.34. The molecule has 0 amide bonds. The number of hydrogen-bond acceptors (Lipinski definition) is 1. The fourth-order valence-corrected chi connectivity index (χ4v) is 1.99. The van der Waals surface area contributed by atoms with E-state index in [0.717, 1.165) is 11.8 Å². The van der Waals surface area contributed by atoms with Crippen LogP contribution in [0.3, 0.4) is 0 Å². The molecule has 0 saturated heterocycles. The van der Waals surface area contributed by atoms with Crippen molar-refractivity contribution in [3.8, 4) is 0 Å². The molecule has 66 valence electrons. The highest BCUT2D eigenvalue weighted by Gasteiger charge is 2.22. The molecule has 0 aromatic carbocycles. The third-order valence-electron chi connectivity index (χ3n) is 2.87. The molecule has 11 heavy (non-hydrogen) atoms. The van der Waals surface area contributed by atoms with E-state index >= 15 is 0 Å². The van der Waals surface area contributed by atoms with E-state index in [1.807, 2.05) is 0 Å². The first kappa shape index (κ1) is 9.05. The topological polar surface area (TPSA) is 12.0 Å². The Labute approximate surface area is 70.6 Å². The van der Waals surface area contributed by atoms with Crippen molar-refractivity contribution < 1.29 is 0 Å². The first-order valence-electron chi connectivity index (χ1n) is 5.05. The summed E-state index contributed by atoms with van der Waals surface area (Å²) in [5.41, 5.74) is 0. The van der Waals surface area contributed by atoms with Crippen LogP contribution in [0.4, 0.5) is 0 Å². The Morgan fingerprint density at radius 2 is 2.18 bits per heavy atom. The molecule has 0 spiro atoms. The lowest BCUT2D eigenvalue weighted by Crippen LogP contribution is -2.24. The van der Waals surface area contributed by atoms with Gasteiger partial charge >= 0.3 is 0 Å². The van der Waals surface area contributed by atoms with E-state index in [1.165, 1.54) is 38.8 Å². The fourth-order valence-electron chi connectivity index (χ4n) is 1.99. The quantitative estimate of drug-likeness (QED) is 0.615. The zero-order chi connectivity index (χ0) is 8.10. The maximum absolute atomic E-state index is 3.51. The summed E-state index contributed by atoms with van der Waals surface area (Å²) < 4.78 is 0. The van der Waals surface area contributed by atoms with Crippen molar-refractivity contribution in [2.45, 2.75) is 39.5 Å². The molecule has 1 fully saturated rings. The maximum atomic E-state index is 3.51. The molecule has 1 N–H and O–H groups in total. The average molecular weight is 155 g/mol. The van der Waals surface area contributed by atoms with Crippen LogP contribution in [0.2, 0.25) is 0 Å². The molecule has 1 aliphatic rings. The molecule has 1 aliphatic carbocycles. The normalized spacial score (nSPS) is 31.1. The van der Waals surface area contributed by atoms with Crippen LogP contribution in [0.15, 0.2) is 0 Å². The second-order valence-corrected chi connectivity index (χ2v) is 3.87. The van der Waals surface area contributed by atoms with Gasteiger partial charge in [-0.2, -0.15) is 0 Å². The summed E-state index contributed by atoms with van der Waals surface area (Å²) in [6.07, 6.45) is 5.64. The van der Waals surface area contributed by atoms with Crippen molar-refractivity contribution in [3.05, 3.63) is 0 Å². The Kier molecular flexibility index (Phi) is 3.92. The van der Waals surface area contributed by atoms with Crippen molar-refractivity contribution in [2.24, 2.45) is 11.8 Å². The van der Waals surface area contributed by atoms with Crippen LogP contribution in [0.25, 0.3) is 0 Å². The molecule has 0 aromatic rings. The molecule has 0 heterocycles. The Balaban J connectivity index is 2.05. The van der Waals surface area contributed by atoms with Crippen molar-refractivity contribution >= 4 is 0 Å². The van der Waals surface area contributed by atoms with E-state index in [9.17, 15) is 0 Å². The zero-order valence-electron chi connectivity index (χ0n) is 7.90. The second kappa shape index (κ2) is 4.76. The van der Waals surface area contributed by atoms with Gasteiger partial charge in [-0.1, -0.05) is 26.7 Å². The minimum atomic E-state index is 0.972. The second-order valence-electron chi connectivity index (χ2n) is 3.87. The van der Waals surface area contributed by atoms with E-state index in [0.29, 0.717) is 0 Å². The molecule has 0 aliphatic heterocycles. The zero-order valence-corrected chi connectivity index (χ0v) is 7.90. The Hall–Kier alpha value is -0.0400. The summed E-state index contributed by atoms with van der Waals surface area (Å²) in [5, 5.41) is 3.51. The molecule has 2 atom stereocenters. The highest BCUT2D eigenvalue weighted by atomic mass is 14.9. The van der Waals surface area contributed by atoms with Gasteiger partial charge in [-0.3, -0.25) is 0 Å². The van der Waals surface area contributed by atoms with Crippen LogP contribution in [0, 0.1) is 11.8 Å². The third kappa shape index (κ3) is 2.82. The van der Waals surface area contributed by atoms with Crippen LogP contribution in [-0.4, -0.2) is 13.1 Å². The summed E-state index contributed by atoms with van der Waals surface area (Å²) in [5.74, 6) is 1.95. The summed E-state index contributed by atoms with van der Waals surface area (Å²) in [6, 6.07) is 0. The Morgan fingerprint density at radius 3 is 2.73 bits per heavy atom. The van der Waals surface area contributed by atoms with Crippen LogP contribution >= 0.6 is 0 Å². The van der Waals surface area contributed by atoms with E-state index in [2.05, 4.69) is 19.2 Å². The van der Waals surface area contributed by atoms with Crippen LogP contribution in [0.1, 0.15) is 39.5 Å². The van der Waals surface area contributed by atoms with Gasteiger partial charge in [-0.05, 0) is 37.8 Å². The maximum Gasteiger partial charge on any atom is -0.00180 e. The standard InChI is InChI=1S/C10H21N/c1-3-7-11-8-10-6-4-5-9(10)2/h9-11H,3-8H2,1-2H3. The van der Waals surface area contributed by atoms with Gasteiger partial charge < -0.3 is 5.32 Å². The largest absolute Gasteiger partial charge is 0.316 e. The monoisotopic (exact) mass is 155 g/mol. The molecule has 0 radical (unpaired) electrons. The molecule has 0 aromatic heterocycles. The lowest BCUT2D eigenvalue weighted by Gasteiger charge is -2.15. The van der Waals surface area contributed by atoms with Gasteiger partial charge in [0.25, 0.3) is 0 Å². The van der Waals surface area contributed by atoms with Crippen molar-refractivity contribution in [1.29, 1.82) is 0 Å². The molecule has 1 saturated carbocycles. The third-order valence-corrected chi connectivity index (χ3v) is 2.87. The molecule has 1 heteroatoms. The van der Waals surface area contributed by atoms with Gasteiger partial charge in [0.05, 0.1) is 0 Å². The van der Waals surface area contributed by atoms with Gasteiger partial charge in [0.2, 0.25) is 0 Å². The smallest absolute Gasteiger partial charge is 0.00180 e. The molecule has 1 nitrogen and oxygen atoms in total. The number of rotatable bonds is 4.